The molecule has 0 bridgehead atoms. The van der Waals surface area contributed by atoms with Gasteiger partial charge < -0.3 is 20.1 Å². The molecule has 56 heavy (non-hydrogen) atoms. The van der Waals surface area contributed by atoms with Gasteiger partial charge in [0.1, 0.15) is 12.7 Å². The maximum Gasteiger partial charge on any atom is 0.472 e. The zero-order valence-electron chi connectivity index (χ0n) is 36.1. The SMILES string of the molecule is CC/C=C\C/C=C\C/C=C\CCCCCCCC(=O)NCCOP(=O)(O)OCC(O)COC(=O)CCCCCCCCCCCCCCCCCCCCCC. The Kier molecular flexibility index (Phi) is 41.5. The van der Waals surface area contributed by atoms with E-state index in [0.717, 1.165) is 77.0 Å². The Morgan fingerprint density at radius 3 is 1.54 bits per heavy atom. The Morgan fingerprint density at radius 1 is 0.571 bits per heavy atom. The van der Waals surface area contributed by atoms with Crippen molar-refractivity contribution in [3.8, 4) is 0 Å². The highest BCUT2D eigenvalue weighted by molar-refractivity contribution is 7.47. The maximum absolute atomic E-state index is 12.1. The third-order valence-corrected chi connectivity index (χ3v) is 10.8. The summed E-state index contributed by atoms with van der Waals surface area (Å²) < 4.78 is 26.9. The lowest BCUT2D eigenvalue weighted by Gasteiger charge is -2.15. The van der Waals surface area contributed by atoms with Crippen molar-refractivity contribution in [2.75, 3.05) is 26.4 Å². The van der Waals surface area contributed by atoms with E-state index in [0.29, 0.717) is 6.42 Å². The van der Waals surface area contributed by atoms with Crippen LogP contribution >= 0.6 is 7.82 Å². The molecular weight excluding hydrogens is 725 g/mol. The highest BCUT2D eigenvalue weighted by Crippen LogP contribution is 2.42. The zero-order chi connectivity index (χ0) is 41.1. The van der Waals surface area contributed by atoms with Crippen molar-refractivity contribution in [1.82, 2.24) is 5.32 Å². The first-order valence-corrected chi connectivity index (χ1v) is 24.5. The van der Waals surface area contributed by atoms with Crippen LogP contribution in [0.2, 0.25) is 0 Å². The van der Waals surface area contributed by atoms with Gasteiger partial charge in [0, 0.05) is 19.4 Å². The molecule has 2 unspecified atom stereocenters. The lowest BCUT2D eigenvalue weighted by Crippen LogP contribution is -2.27. The van der Waals surface area contributed by atoms with Crippen LogP contribution in [-0.2, 0) is 27.9 Å². The number of unbranched alkanes of at least 4 members (excludes halogenated alkanes) is 24. The number of allylic oxidation sites excluding steroid dienone is 6. The second-order valence-electron chi connectivity index (χ2n) is 15.4. The minimum absolute atomic E-state index is 0.0728. The number of phosphoric acid groups is 1. The molecule has 0 spiro atoms. The Morgan fingerprint density at radius 2 is 1.02 bits per heavy atom. The maximum atomic E-state index is 12.1. The number of esters is 1. The number of aliphatic hydroxyl groups excluding tert-OH is 1. The standard InChI is InChI=1S/C46H86NO8P/c1-3-5-7-9-11-13-15-17-19-20-21-22-23-25-27-29-31-33-35-37-39-46(50)53-42-44(48)43-55-56(51,52)54-41-40-47-45(49)38-36-34-32-30-28-26-24-18-16-14-12-10-8-6-4-2/h6,8,12,14,18,24,44,48H,3-5,7,9-11,13,15-17,19-23,25-43H2,1-2H3,(H,47,49)(H,51,52)/b8-6-,14-12-,24-18-. The number of rotatable bonds is 43. The largest absolute Gasteiger partial charge is 0.472 e. The van der Waals surface area contributed by atoms with Gasteiger partial charge in [-0.3, -0.25) is 18.6 Å². The van der Waals surface area contributed by atoms with Gasteiger partial charge in [-0.2, -0.15) is 0 Å². The highest BCUT2D eigenvalue weighted by atomic mass is 31.2. The number of carbonyl (C=O) groups excluding carboxylic acids is 2. The van der Waals surface area contributed by atoms with Gasteiger partial charge in [-0.25, -0.2) is 4.57 Å². The number of hydrogen-bond donors (Lipinski definition) is 3. The fraction of sp³-hybridized carbons (Fsp3) is 0.826. The minimum Gasteiger partial charge on any atom is -0.463 e. The lowest BCUT2D eigenvalue weighted by molar-refractivity contribution is -0.147. The van der Waals surface area contributed by atoms with Gasteiger partial charge in [-0.1, -0.05) is 192 Å². The van der Waals surface area contributed by atoms with Gasteiger partial charge in [-0.05, 0) is 44.9 Å². The molecule has 328 valence electrons. The quantitative estimate of drug-likeness (QED) is 0.0240. The molecule has 0 saturated carbocycles. The monoisotopic (exact) mass is 812 g/mol. The summed E-state index contributed by atoms with van der Waals surface area (Å²) >= 11 is 0. The first-order valence-electron chi connectivity index (χ1n) is 23.0. The van der Waals surface area contributed by atoms with Crippen molar-refractivity contribution in [3.05, 3.63) is 36.5 Å². The van der Waals surface area contributed by atoms with Crippen LogP contribution in [0.5, 0.6) is 0 Å². The van der Waals surface area contributed by atoms with Crippen molar-refractivity contribution in [2.24, 2.45) is 0 Å². The molecule has 0 aliphatic heterocycles. The second-order valence-corrected chi connectivity index (χ2v) is 16.8. The summed E-state index contributed by atoms with van der Waals surface area (Å²) in [7, 11) is -4.42. The van der Waals surface area contributed by atoms with E-state index < -0.39 is 26.5 Å². The van der Waals surface area contributed by atoms with Crippen LogP contribution in [0.1, 0.15) is 213 Å². The molecule has 10 heteroatoms. The normalized spacial score (nSPS) is 13.6. The van der Waals surface area contributed by atoms with Crippen LogP contribution in [0.15, 0.2) is 36.5 Å². The third kappa shape index (κ3) is 43.4. The molecule has 2 atom stereocenters. The lowest BCUT2D eigenvalue weighted by atomic mass is 10.0. The van der Waals surface area contributed by atoms with E-state index in [1.807, 2.05) is 0 Å². The fourth-order valence-electron chi connectivity index (χ4n) is 6.40. The highest BCUT2D eigenvalue weighted by Gasteiger charge is 2.23. The number of aliphatic hydroxyl groups is 1. The zero-order valence-corrected chi connectivity index (χ0v) is 37.0. The number of carbonyl (C=O) groups is 2. The van der Waals surface area contributed by atoms with Gasteiger partial charge in [0.05, 0.1) is 13.2 Å². The minimum atomic E-state index is -4.42. The topological polar surface area (TPSA) is 131 Å². The molecule has 0 fully saturated rings. The molecule has 0 aromatic carbocycles. The molecule has 0 heterocycles. The predicted molar refractivity (Wildman–Crippen MR) is 234 cm³/mol. The molecule has 9 nitrogen and oxygen atoms in total. The van der Waals surface area contributed by atoms with Gasteiger partial charge in [-0.15, -0.1) is 0 Å². The van der Waals surface area contributed by atoms with Crippen molar-refractivity contribution >= 4 is 19.7 Å². The second kappa shape index (κ2) is 42.8. The Bertz CT molecular complexity index is 1020. The summed E-state index contributed by atoms with van der Waals surface area (Å²) in [4.78, 5) is 33.9. The first kappa shape index (κ1) is 54.2. The Hall–Kier alpha value is -1.77. The third-order valence-electron chi connectivity index (χ3n) is 9.83. The van der Waals surface area contributed by atoms with Crippen LogP contribution in [0.4, 0.5) is 0 Å². The van der Waals surface area contributed by atoms with Crippen LogP contribution in [0.3, 0.4) is 0 Å². The van der Waals surface area contributed by atoms with E-state index in [4.69, 9.17) is 13.8 Å². The summed E-state index contributed by atoms with van der Waals surface area (Å²) in [6, 6.07) is 0. The van der Waals surface area contributed by atoms with Gasteiger partial charge in [0.15, 0.2) is 0 Å². The van der Waals surface area contributed by atoms with E-state index in [1.54, 1.807) is 0 Å². The molecule has 0 aliphatic carbocycles. The van der Waals surface area contributed by atoms with Crippen molar-refractivity contribution in [2.45, 2.75) is 219 Å². The van der Waals surface area contributed by atoms with Crippen molar-refractivity contribution in [3.63, 3.8) is 0 Å². The number of ether oxygens (including phenoxy) is 1. The predicted octanol–water partition coefficient (Wildman–Crippen LogP) is 12.9. The van der Waals surface area contributed by atoms with E-state index in [2.05, 4.69) is 55.6 Å². The van der Waals surface area contributed by atoms with Crippen LogP contribution in [-0.4, -0.2) is 54.3 Å². The smallest absolute Gasteiger partial charge is 0.463 e. The van der Waals surface area contributed by atoms with E-state index in [-0.39, 0.29) is 32.1 Å². The average molecular weight is 812 g/mol. The van der Waals surface area contributed by atoms with E-state index >= 15 is 0 Å². The van der Waals surface area contributed by atoms with Crippen LogP contribution in [0, 0.1) is 0 Å². The van der Waals surface area contributed by atoms with Crippen molar-refractivity contribution in [1.29, 1.82) is 0 Å². The molecule has 0 aromatic rings. The van der Waals surface area contributed by atoms with Gasteiger partial charge in [0.25, 0.3) is 0 Å². The molecule has 3 N–H and O–H groups in total. The van der Waals surface area contributed by atoms with Gasteiger partial charge >= 0.3 is 13.8 Å². The molecule has 0 rings (SSSR count). The molecule has 1 amide bonds. The van der Waals surface area contributed by atoms with E-state index in [1.165, 1.54) is 109 Å². The fourth-order valence-corrected chi connectivity index (χ4v) is 7.15. The molecule has 0 aliphatic rings. The number of phosphoric ester groups is 1. The molecular formula is C46H86NO8P. The molecule has 0 aromatic heterocycles. The Labute approximate surface area is 343 Å². The van der Waals surface area contributed by atoms with Crippen LogP contribution in [0.25, 0.3) is 0 Å². The average Bonchev–Trinajstić information content (AvgIpc) is 3.18. The molecule has 0 radical (unpaired) electrons. The van der Waals surface area contributed by atoms with Gasteiger partial charge in [0.2, 0.25) is 5.91 Å². The Balaban J connectivity index is 3.57. The summed E-state index contributed by atoms with van der Waals surface area (Å²) in [6.45, 7) is 3.44. The molecule has 0 saturated heterocycles. The summed E-state index contributed by atoms with van der Waals surface area (Å²) in [6.07, 6.45) is 47.9. The number of nitrogens with one attached hydrogen (secondary N) is 1. The summed E-state index contributed by atoms with van der Waals surface area (Å²) in [5.41, 5.74) is 0. The first-order chi connectivity index (χ1) is 27.3. The number of amides is 1. The van der Waals surface area contributed by atoms with Crippen LogP contribution < -0.4 is 5.32 Å². The van der Waals surface area contributed by atoms with E-state index in [9.17, 15) is 24.2 Å². The van der Waals surface area contributed by atoms with Crippen molar-refractivity contribution < 1.29 is 37.9 Å². The number of hydrogen-bond acceptors (Lipinski definition) is 7. The summed E-state index contributed by atoms with van der Waals surface area (Å²) in [5.74, 6) is -0.528. The summed E-state index contributed by atoms with van der Waals surface area (Å²) in [5, 5.41) is 12.7.